The molecule has 0 radical (unpaired) electrons. The third kappa shape index (κ3) is 14.0. The lowest BCUT2D eigenvalue weighted by Crippen LogP contribution is -2.59. The summed E-state index contributed by atoms with van der Waals surface area (Å²) in [7, 11) is -9.41. The summed E-state index contributed by atoms with van der Waals surface area (Å²) in [4.78, 5) is 81.3. The van der Waals surface area contributed by atoms with Crippen molar-refractivity contribution in [1.82, 2.24) is 25.0 Å². The van der Waals surface area contributed by atoms with E-state index < -0.39 is 124 Å². The van der Waals surface area contributed by atoms with Gasteiger partial charge >= 0.3 is 6.18 Å². The first-order valence-corrected chi connectivity index (χ1v) is 28.0. The minimum Gasteiger partial charge on any atom is -0.507 e. The average molecular weight is 1100 g/mol. The van der Waals surface area contributed by atoms with Crippen molar-refractivity contribution >= 4 is 78.7 Å². The van der Waals surface area contributed by atoms with E-state index >= 15 is 0 Å². The Bertz CT molecular complexity index is 2830. The predicted octanol–water partition coefficient (Wildman–Crippen LogP) is 7.54. The Labute approximate surface area is 433 Å². The molecule has 23 heteroatoms. The number of benzene rings is 3. The second-order valence-corrected chi connectivity index (χ2v) is 26.0. The van der Waals surface area contributed by atoms with Crippen LogP contribution in [0.1, 0.15) is 133 Å². The maximum Gasteiger partial charge on any atom is 0.452 e. The largest absolute Gasteiger partial charge is 0.507 e. The molecular weight excluding hydrogens is 1040 g/mol. The Balaban J connectivity index is 1.27. The van der Waals surface area contributed by atoms with Crippen molar-refractivity contribution in [2.75, 3.05) is 5.75 Å². The van der Waals surface area contributed by atoms with Crippen LogP contribution in [0.3, 0.4) is 0 Å². The number of rotatable bonds is 16. The number of carbonyl (C=O) groups is 6. The minimum absolute atomic E-state index is 0.110. The number of fused-ring (bicyclic) bond motifs is 1. The number of alkyl halides is 3. The quantitative estimate of drug-likeness (QED) is 0.0874. The molecule has 5 amide bonds. The summed E-state index contributed by atoms with van der Waals surface area (Å²) in [6.45, 7) is 17.5. The highest BCUT2D eigenvalue weighted by Gasteiger charge is 2.51. The van der Waals surface area contributed by atoms with Gasteiger partial charge in [0.2, 0.25) is 17.7 Å². The lowest BCUT2D eigenvalue weighted by molar-refractivity contribution is -0.175. The molecule has 3 aromatic carbocycles. The Hall–Kier alpha value is -5.19. The van der Waals surface area contributed by atoms with Crippen LogP contribution in [0.5, 0.6) is 5.75 Å². The number of phenolic OH excluding ortho intramolecular Hbond substituents is 1. The van der Waals surface area contributed by atoms with Gasteiger partial charge in [0.1, 0.15) is 22.7 Å². The summed E-state index contributed by atoms with van der Waals surface area (Å²) in [5.41, 5.74) is -0.219. The molecule has 0 spiro atoms. The summed E-state index contributed by atoms with van der Waals surface area (Å²) in [5, 5.41) is 15.6. The number of nitrogens with zero attached hydrogens (tertiary/aromatic N) is 1. The topological polar surface area (TPSA) is 242 Å². The van der Waals surface area contributed by atoms with Crippen LogP contribution in [0.25, 0.3) is 0 Å². The van der Waals surface area contributed by atoms with Gasteiger partial charge in [-0.25, -0.2) is 26.3 Å². The lowest BCUT2D eigenvalue weighted by atomic mass is 9.79. The fourth-order valence-electron chi connectivity index (χ4n) is 8.96. The van der Waals surface area contributed by atoms with Crippen molar-refractivity contribution in [2.24, 2.45) is 17.8 Å². The van der Waals surface area contributed by atoms with Crippen molar-refractivity contribution in [1.29, 1.82) is 0 Å². The van der Waals surface area contributed by atoms with E-state index in [-0.39, 0.29) is 34.4 Å². The van der Waals surface area contributed by atoms with Crippen LogP contribution in [0.2, 0.25) is 5.02 Å². The van der Waals surface area contributed by atoms with Gasteiger partial charge in [-0.3, -0.25) is 28.8 Å². The number of amides is 5. The number of thioether (sulfide) groups is 1. The zero-order valence-electron chi connectivity index (χ0n) is 42.2. The molecule has 5 atom stereocenters. The summed E-state index contributed by atoms with van der Waals surface area (Å²) in [6.07, 6.45) is -2.36. The molecule has 1 saturated heterocycles. The molecule has 3 aromatic rings. The summed E-state index contributed by atoms with van der Waals surface area (Å²) < 4.78 is 98.0. The van der Waals surface area contributed by atoms with E-state index in [0.29, 0.717) is 28.9 Å². The highest BCUT2D eigenvalue weighted by atomic mass is 35.5. The maximum absolute atomic E-state index is 14.4. The monoisotopic (exact) mass is 1100 g/mol. The van der Waals surface area contributed by atoms with Gasteiger partial charge in [0.15, 0.2) is 0 Å². The zero-order chi connectivity index (χ0) is 54.9. The molecule has 1 saturated carbocycles. The van der Waals surface area contributed by atoms with Crippen LogP contribution in [0, 0.1) is 17.8 Å². The van der Waals surface area contributed by atoms with Crippen molar-refractivity contribution < 1.29 is 63.9 Å². The highest BCUT2D eigenvalue weighted by molar-refractivity contribution is 8.00. The number of nitrogens with one attached hydrogen (secondary N) is 4. The van der Waals surface area contributed by atoms with Crippen LogP contribution in [-0.4, -0.2) is 98.3 Å². The van der Waals surface area contributed by atoms with Gasteiger partial charge < -0.3 is 20.6 Å². The van der Waals surface area contributed by atoms with Gasteiger partial charge in [-0.15, -0.1) is 11.8 Å². The molecular formula is C50H63ClF3N5O11S3. The molecule has 16 nitrogen and oxygen atoms in total. The molecule has 2 aliphatic rings. The summed E-state index contributed by atoms with van der Waals surface area (Å²) in [5.74, 6) is -8.59. The van der Waals surface area contributed by atoms with E-state index in [1.807, 2.05) is 51.0 Å². The highest BCUT2D eigenvalue weighted by Crippen LogP contribution is 2.43. The number of sulfonamides is 2. The minimum atomic E-state index is -5.21. The Morgan fingerprint density at radius 2 is 1.29 bits per heavy atom. The second-order valence-electron chi connectivity index (χ2n) is 21.2. The first kappa shape index (κ1) is 58.7. The molecule has 73 heavy (non-hydrogen) atoms. The Kier molecular flexibility index (Phi) is 18.0. The molecule has 400 valence electrons. The standard InChI is InChI=1S/C50H63ClF3N5O11S3/c1-26(2)40(43(62)50(52,53)54)55-46(65)37-21-29-13-11-12-14-36(29)59(37)47(66)41(27(3)4)56-44(63)28-15-18-32(19-16-28)72(67,68)58-45(64)30-17-20-35(51)38(22-30)73(69,70)57-39(60)25-71-31-23-33(48(5,6)7)42(61)34(24-31)49(8,9)10/h15-20,22-24,26-27,29,36-37,40-41,61H,11-14,21,25H2,1-10H3,(H,55,65)(H,56,63)(H,57,60)(H,58,64)/t29-,36-,37-,40-,41-/m0/s1. The van der Waals surface area contributed by atoms with Gasteiger partial charge in [-0.2, -0.15) is 13.2 Å². The Morgan fingerprint density at radius 3 is 1.82 bits per heavy atom. The zero-order valence-corrected chi connectivity index (χ0v) is 45.4. The third-order valence-electron chi connectivity index (χ3n) is 12.8. The van der Waals surface area contributed by atoms with Crippen LogP contribution in [0.15, 0.2) is 69.3 Å². The van der Waals surface area contributed by atoms with E-state index in [2.05, 4.69) is 10.6 Å². The maximum atomic E-state index is 14.4. The van der Waals surface area contributed by atoms with E-state index in [1.165, 1.54) is 18.7 Å². The molecule has 5 rings (SSSR count). The molecule has 0 aromatic heterocycles. The molecule has 5 N–H and O–H groups in total. The van der Waals surface area contributed by atoms with Crippen LogP contribution < -0.4 is 20.1 Å². The lowest BCUT2D eigenvalue weighted by Gasteiger charge is -2.37. The fourth-order valence-corrected chi connectivity index (χ4v) is 12.3. The Morgan fingerprint density at radius 1 is 0.740 bits per heavy atom. The number of hydrogen-bond donors (Lipinski definition) is 5. The van der Waals surface area contributed by atoms with E-state index in [0.717, 1.165) is 67.1 Å². The SMILES string of the molecule is CC(C)[C@H](NC(=O)c1ccc(S(=O)(=O)NC(=O)c2ccc(Cl)c(S(=O)(=O)NC(=O)CSc3cc(C(C)(C)C)c(O)c(C(C)(C)C)c3)c2)cc1)C(=O)N1[C@H](C(=O)N[C@H](C(=O)C(F)(F)F)C(C)C)C[C@@H]2CCCC[C@@H]21. The number of ketones is 1. The van der Waals surface area contributed by atoms with E-state index in [1.54, 1.807) is 26.0 Å². The van der Waals surface area contributed by atoms with Crippen molar-refractivity contribution in [3.63, 3.8) is 0 Å². The normalized spacial score (nSPS) is 18.4. The number of aromatic hydroxyl groups is 1. The average Bonchev–Trinajstić information content (AvgIpc) is 3.67. The van der Waals surface area contributed by atoms with Crippen molar-refractivity contribution in [2.45, 2.75) is 157 Å². The molecule has 2 fully saturated rings. The van der Waals surface area contributed by atoms with Gasteiger partial charge in [-0.05, 0) is 102 Å². The van der Waals surface area contributed by atoms with Gasteiger partial charge in [0.25, 0.3) is 37.6 Å². The predicted molar refractivity (Wildman–Crippen MR) is 269 cm³/mol. The van der Waals surface area contributed by atoms with Gasteiger partial charge in [0.05, 0.1) is 21.7 Å². The summed E-state index contributed by atoms with van der Waals surface area (Å²) >= 11 is 7.25. The number of Topliss-reactive ketones (excluding diaryl/α,β-unsaturated/α-hetero) is 1. The number of hydrogen-bond acceptors (Lipinski definition) is 12. The van der Waals surface area contributed by atoms with Crippen molar-refractivity contribution in [3.8, 4) is 5.75 Å². The number of likely N-dealkylation sites (tertiary alicyclic amines) is 1. The number of halogens is 4. The molecule has 0 unspecified atom stereocenters. The van der Waals surface area contributed by atoms with E-state index in [4.69, 9.17) is 11.6 Å². The molecule has 1 heterocycles. The first-order valence-electron chi connectivity index (χ1n) is 23.6. The van der Waals surface area contributed by atoms with Crippen molar-refractivity contribution in [3.05, 3.63) is 81.9 Å². The molecule has 1 aliphatic carbocycles. The number of phenols is 1. The smallest absolute Gasteiger partial charge is 0.452 e. The van der Waals surface area contributed by atoms with Crippen LogP contribution in [-0.2, 0) is 50.1 Å². The third-order valence-corrected chi connectivity index (χ3v) is 17.0. The van der Waals surface area contributed by atoms with Gasteiger partial charge in [0, 0.05) is 33.2 Å². The van der Waals surface area contributed by atoms with E-state index in [9.17, 15) is 63.9 Å². The van der Waals surface area contributed by atoms with Gasteiger partial charge in [-0.1, -0.05) is 93.7 Å². The first-order chi connectivity index (χ1) is 33.5. The summed E-state index contributed by atoms with van der Waals surface area (Å²) in [6, 6.07) is 5.81. The van der Waals surface area contributed by atoms with Crippen LogP contribution in [0.4, 0.5) is 13.2 Å². The fraction of sp³-hybridized carbons (Fsp3) is 0.520. The molecule has 0 bridgehead atoms. The van der Waals surface area contributed by atoms with Crippen LogP contribution >= 0.6 is 23.4 Å². The molecule has 1 aliphatic heterocycles. The number of carbonyl (C=O) groups excluding carboxylic acids is 6. The second kappa shape index (κ2) is 22.3.